The third kappa shape index (κ3) is 2.73. The summed E-state index contributed by atoms with van der Waals surface area (Å²) in [6, 6.07) is 11.0. The fraction of sp³-hybridized carbons (Fsp3) is 0.167. The topological polar surface area (TPSA) is 67.2 Å². The number of H-pyrrole nitrogens is 1. The van der Waals surface area contributed by atoms with Crippen LogP contribution in [0.4, 0.5) is 0 Å². The van der Waals surface area contributed by atoms with E-state index in [9.17, 15) is 9.59 Å². The number of rotatable bonds is 2. The van der Waals surface area contributed by atoms with Gasteiger partial charge in [0.15, 0.2) is 0 Å². The van der Waals surface area contributed by atoms with Gasteiger partial charge in [0.1, 0.15) is 0 Å². The van der Waals surface area contributed by atoms with Gasteiger partial charge in [-0.15, -0.1) is 4.68 Å². The second kappa shape index (κ2) is 5.68. The lowest BCUT2D eigenvalue weighted by Gasteiger charge is -2.06. The summed E-state index contributed by atoms with van der Waals surface area (Å²) in [6.45, 7) is 5.99. The lowest BCUT2D eigenvalue weighted by atomic mass is 10.0. The Balaban J connectivity index is 2.16. The highest BCUT2D eigenvalue weighted by Gasteiger charge is 2.06. The standard InChI is InChI=1S/C18H17N3O2/c1-11-8-12(2)15(13(3)9-11)10-19-21-17(22)14-6-4-5-7-16(14)20-18(21)23/h4-10H,1-3H3,(H,20,23). The second-order valence-electron chi connectivity index (χ2n) is 5.65. The first-order chi connectivity index (χ1) is 11.0. The quantitative estimate of drug-likeness (QED) is 0.739. The first-order valence-corrected chi connectivity index (χ1v) is 7.33. The van der Waals surface area contributed by atoms with Gasteiger partial charge < -0.3 is 4.98 Å². The zero-order valence-corrected chi connectivity index (χ0v) is 13.3. The largest absolute Gasteiger partial charge is 0.349 e. The molecule has 0 radical (unpaired) electrons. The molecule has 1 aromatic heterocycles. The third-order valence-corrected chi connectivity index (χ3v) is 3.82. The van der Waals surface area contributed by atoms with Crippen LogP contribution in [0, 0.1) is 20.8 Å². The Morgan fingerprint density at radius 3 is 2.39 bits per heavy atom. The number of nitrogens with zero attached hydrogens (tertiary/aromatic N) is 2. The highest BCUT2D eigenvalue weighted by atomic mass is 16.2. The lowest BCUT2D eigenvalue weighted by molar-refractivity contribution is 0.771. The highest BCUT2D eigenvalue weighted by Crippen LogP contribution is 2.14. The Kier molecular flexibility index (Phi) is 3.70. The Labute approximate surface area is 132 Å². The van der Waals surface area contributed by atoms with Crippen LogP contribution >= 0.6 is 0 Å². The Morgan fingerprint density at radius 1 is 1.04 bits per heavy atom. The Hall–Kier alpha value is -2.95. The van der Waals surface area contributed by atoms with Crippen molar-refractivity contribution in [1.29, 1.82) is 0 Å². The molecule has 0 aliphatic rings. The molecule has 0 spiro atoms. The van der Waals surface area contributed by atoms with Gasteiger partial charge in [-0.3, -0.25) is 4.79 Å². The zero-order chi connectivity index (χ0) is 16.6. The SMILES string of the molecule is Cc1cc(C)c(C=Nn2c(=O)[nH]c3ccccc3c2=O)c(C)c1. The summed E-state index contributed by atoms with van der Waals surface area (Å²) in [5.41, 5.74) is 3.72. The minimum absolute atomic E-state index is 0.428. The van der Waals surface area contributed by atoms with Crippen LogP contribution in [0.5, 0.6) is 0 Å². The molecule has 0 atom stereocenters. The number of aryl methyl sites for hydroxylation is 3. The molecular formula is C18H17N3O2. The van der Waals surface area contributed by atoms with E-state index in [0.29, 0.717) is 10.9 Å². The summed E-state index contributed by atoms with van der Waals surface area (Å²) >= 11 is 0. The molecule has 0 saturated carbocycles. The number of hydrogen-bond donors (Lipinski definition) is 1. The number of benzene rings is 2. The number of aromatic amines is 1. The van der Waals surface area contributed by atoms with E-state index in [1.807, 2.05) is 32.9 Å². The molecule has 0 aliphatic carbocycles. The summed E-state index contributed by atoms with van der Waals surface area (Å²) in [5.74, 6) is 0. The van der Waals surface area contributed by atoms with Crippen LogP contribution in [0.2, 0.25) is 0 Å². The van der Waals surface area contributed by atoms with Gasteiger partial charge in [-0.2, -0.15) is 5.10 Å². The van der Waals surface area contributed by atoms with Crippen molar-refractivity contribution in [2.24, 2.45) is 5.10 Å². The monoisotopic (exact) mass is 307 g/mol. The second-order valence-corrected chi connectivity index (χ2v) is 5.65. The van der Waals surface area contributed by atoms with Crippen LogP contribution in [0.3, 0.4) is 0 Å². The van der Waals surface area contributed by atoms with Crippen LogP contribution < -0.4 is 11.2 Å². The number of nitrogens with one attached hydrogen (secondary N) is 1. The van der Waals surface area contributed by atoms with Crippen LogP contribution in [-0.2, 0) is 0 Å². The van der Waals surface area contributed by atoms with Crippen molar-refractivity contribution in [3.05, 3.63) is 79.5 Å². The van der Waals surface area contributed by atoms with E-state index in [4.69, 9.17) is 0 Å². The maximum Gasteiger partial charge on any atom is 0.349 e. The first-order valence-electron chi connectivity index (χ1n) is 7.33. The maximum absolute atomic E-state index is 12.4. The summed E-state index contributed by atoms with van der Waals surface area (Å²) in [4.78, 5) is 27.2. The molecule has 5 nitrogen and oxygen atoms in total. The maximum atomic E-state index is 12.4. The fourth-order valence-corrected chi connectivity index (χ4v) is 2.77. The Bertz CT molecular complexity index is 1020. The molecule has 0 aliphatic heterocycles. The smallest absolute Gasteiger partial charge is 0.305 e. The molecule has 0 amide bonds. The van der Waals surface area contributed by atoms with Crippen molar-refractivity contribution in [3.8, 4) is 0 Å². The zero-order valence-electron chi connectivity index (χ0n) is 13.3. The van der Waals surface area contributed by atoms with Gasteiger partial charge in [0.05, 0.1) is 17.1 Å². The molecule has 1 heterocycles. The van der Waals surface area contributed by atoms with Crippen molar-refractivity contribution in [1.82, 2.24) is 9.66 Å². The third-order valence-electron chi connectivity index (χ3n) is 3.82. The van der Waals surface area contributed by atoms with Crippen molar-refractivity contribution < 1.29 is 0 Å². The highest BCUT2D eigenvalue weighted by molar-refractivity contribution is 5.84. The van der Waals surface area contributed by atoms with Crippen LogP contribution in [0.1, 0.15) is 22.3 Å². The molecule has 23 heavy (non-hydrogen) atoms. The number of hydrogen-bond acceptors (Lipinski definition) is 3. The van der Waals surface area contributed by atoms with Gasteiger partial charge in [-0.25, -0.2) is 4.79 Å². The minimum Gasteiger partial charge on any atom is -0.305 e. The van der Waals surface area contributed by atoms with Gasteiger partial charge in [0.25, 0.3) is 5.56 Å². The van der Waals surface area contributed by atoms with E-state index in [-0.39, 0.29) is 0 Å². The lowest BCUT2D eigenvalue weighted by Crippen LogP contribution is -2.32. The van der Waals surface area contributed by atoms with Gasteiger partial charge in [-0.05, 0) is 44.0 Å². The van der Waals surface area contributed by atoms with Crippen molar-refractivity contribution in [2.75, 3.05) is 0 Å². The van der Waals surface area contributed by atoms with Gasteiger partial charge in [0, 0.05) is 5.56 Å². The molecule has 116 valence electrons. The molecule has 0 saturated heterocycles. The van der Waals surface area contributed by atoms with Crippen molar-refractivity contribution in [2.45, 2.75) is 20.8 Å². The van der Waals surface area contributed by atoms with E-state index in [1.54, 1.807) is 30.5 Å². The first kappa shape index (κ1) is 15.0. The normalized spacial score (nSPS) is 11.4. The summed E-state index contributed by atoms with van der Waals surface area (Å²) in [5, 5.41) is 4.54. The summed E-state index contributed by atoms with van der Waals surface area (Å²) < 4.78 is 0.862. The number of aromatic nitrogens is 2. The van der Waals surface area contributed by atoms with Gasteiger partial charge in [-0.1, -0.05) is 29.8 Å². The average molecular weight is 307 g/mol. The molecule has 0 unspecified atom stereocenters. The van der Waals surface area contributed by atoms with E-state index >= 15 is 0 Å². The van der Waals surface area contributed by atoms with Gasteiger partial charge in [0.2, 0.25) is 0 Å². The molecule has 1 N–H and O–H groups in total. The Morgan fingerprint density at radius 2 is 1.70 bits per heavy atom. The summed E-state index contributed by atoms with van der Waals surface area (Å²) in [6.07, 6.45) is 1.56. The predicted molar refractivity (Wildman–Crippen MR) is 92.5 cm³/mol. The summed E-state index contributed by atoms with van der Waals surface area (Å²) in [7, 11) is 0. The minimum atomic E-state index is -0.549. The van der Waals surface area contributed by atoms with Crippen LogP contribution in [0.15, 0.2) is 51.1 Å². The molecule has 3 rings (SSSR count). The van der Waals surface area contributed by atoms with Crippen molar-refractivity contribution >= 4 is 17.1 Å². The predicted octanol–water partition coefficient (Wildman–Crippen LogP) is 2.50. The van der Waals surface area contributed by atoms with Gasteiger partial charge >= 0.3 is 5.69 Å². The van der Waals surface area contributed by atoms with E-state index in [2.05, 4.69) is 10.1 Å². The van der Waals surface area contributed by atoms with E-state index < -0.39 is 11.2 Å². The molecule has 0 fully saturated rings. The van der Waals surface area contributed by atoms with Crippen LogP contribution in [0.25, 0.3) is 10.9 Å². The molecule has 5 heteroatoms. The molecule has 2 aromatic carbocycles. The van der Waals surface area contributed by atoms with Crippen LogP contribution in [-0.4, -0.2) is 15.9 Å². The number of para-hydroxylation sites is 1. The molecule has 3 aromatic rings. The molecule has 0 bridgehead atoms. The fourth-order valence-electron chi connectivity index (χ4n) is 2.77. The van der Waals surface area contributed by atoms with E-state index in [0.717, 1.165) is 26.9 Å². The van der Waals surface area contributed by atoms with Crippen molar-refractivity contribution in [3.63, 3.8) is 0 Å². The average Bonchev–Trinajstić information content (AvgIpc) is 2.49. The number of fused-ring (bicyclic) bond motifs is 1. The van der Waals surface area contributed by atoms with E-state index in [1.165, 1.54) is 0 Å². The molecular weight excluding hydrogens is 290 g/mol.